The zero-order valence-corrected chi connectivity index (χ0v) is 14.2. The summed E-state index contributed by atoms with van der Waals surface area (Å²) in [6, 6.07) is 7.85. The van der Waals surface area contributed by atoms with Gasteiger partial charge in [-0.15, -0.1) is 0 Å². The van der Waals surface area contributed by atoms with E-state index in [1.807, 2.05) is 26.0 Å². The largest absolute Gasteiger partial charge is 0.369 e. The molecule has 6 nitrogen and oxygen atoms in total. The molecular formula is C18H22N4O2. The van der Waals surface area contributed by atoms with Gasteiger partial charge in [0.15, 0.2) is 0 Å². The minimum Gasteiger partial charge on any atom is -0.369 e. The standard InChI is InChI=1S/C18H22N4O2/c1-10-4-5-13(6-11(10)2)15-7-16(21-20-15)18(24)22-8-12(3)14(9-22)17(19)23/h4-7,12,14H,8-9H2,1-3H3,(H2,19,23)(H,20,21)/t12-,14-/m1/s1. The average molecular weight is 326 g/mol. The Labute approximate surface area is 141 Å². The topological polar surface area (TPSA) is 92.1 Å². The Morgan fingerprint density at radius 2 is 1.96 bits per heavy atom. The van der Waals surface area contributed by atoms with Crippen LogP contribution in [0.3, 0.4) is 0 Å². The van der Waals surface area contributed by atoms with Gasteiger partial charge in [-0.25, -0.2) is 0 Å². The normalized spacial score (nSPS) is 20.4. The number of nitrogens with zero attached hydrogens (tertiary/aromatic N) is 2. The third-order valence-electron chi connectivity index (χ3n) is 4.88. The highest BCUT2D eigenvalue weighted by Crippen LogP contribution is 2.25. The lowest BCUT2D eigenvalue weighted by Gasteiger charge is -2.14. The number of primary amides is 1. The molecule has 2 atom stereocenters. The summed E-state index contributed by atoms with van der Waals surface area (Å²) in [5.74, 6) is -0.698. The van der Waals surface area contributed by atoms with Crippen LogP contribution in [0.1, 0.15) is 28.5 Å². The van der Waals surface area contributed by atoms with Crippen LogP contribution < -0.4 is 5.73 Å². The number of aryl methyl sites for hydroxylation is 2. The minimum absolute atomic E-state index is 0.0774. The van der Waals surface area contributed by atoms with Gasteiger partial charge in [0.2, 0.25) is 5.91 Å². The van der Waals surface area contributed by atoms with Gasteiger partial charge in [0.25, 0.3) is 5.91 Å². The van der Waals surface area contributed by atoms with Crippen molar-refractivity contribution in [2.24, 2.45) is 17.6 Å². The molecular weight excluding hydrogens is 304 g/mol. The van der Waals surface area contributed by atoms with Crippen LogP contribution in [-0.4, -0.2) is 40.0 Å². The molecule has 1 aromatic heterocycles. The van der Waals surface area contributed by atoms with Crippen molar-refractivity contribution in [3.8, 4) is 11.3 Å². The van der Waals surface area contributed by atoms with Crippen LogP contribution in [0.25, 0.3) is 11.3 Å². The first-order chi connectivity index (χ1) is 11.4. The van der Waals surface area contributed by atoms with Crippen LogP contribution in [-0.2, 0) is 4.79 Å². The summed E-state index contributed by atoms with van der Waals surface area (Å²) in [7, 11) is 0. The Hall–Kier alpha value is -2.63. The number of carbonyl (C=O) groups is 2. The van der Waals surface area contributed by atoms with E-state index in [4.69, 9.17) is 5.73 Å². The summed E-state index contributed by atoms with van der Waals surface area (Å²) >= 11 is 0. The first kappa shape index (κ1) is 16.2. The summed E-state index contributed by atoms with van der Waals surface area (Å²) < 4.78 is 0. The molecule has 2 heterocycles. The van der Waals surface area contributed by atoms with Crippen molar-refractivity contribution >= 4 is 11.8 Å². The third kappa shape index (κ3) is 2.91. The Kier molecular flexibility index (Phi) is 4.13. The number of likely N-dealkylation sites (tertiary alicyclic amines) is 1. The summed E-state index contributed by atoms with van der Waals surface area (Å²) in [6.45, 7) is 6.95. The van der Waals surface area contributed by atoms with E-state index in [9.17, 15) is 9.59 Å². The molecule has 2 amide bonds. The highest BCUT2D eigenvalue weighted by atomic mass is 16.2. The number of hydrogen-bond donors (Lipinski definition) is 2. The Balaban J connectivity index is 1.79. The van der Waals surface area contributed by atoms with Crippen molar-refractivity contribution in [3.63, 3.8) is 0 Å². The summed E-state index contributed by atoms with van der Waals surface area (Å²) in [5, 5.41) is 7.08. The van der Waals surface area contributed by atoms with Crippen LogP contribution in [0.4, 0.5) is 0 Å². The zero-order chi connectivity index (χ0) is 17.4. The van der Waals surface area contributed by atoms with Gasteiger partial charge in [-0.3, -0.25) is 14.7 Å². The Morgan fingerprint density at radius 3 is 2.58 bits per heavy atom. The lowest BCUT2D eigenvalue weighted by atomic mass is 9.98. The van der Waals surface area contributed by atoms with Crippen molar-refractivity contribution in [1.82, 2.24) is 15.1 Å². The number of nitrogens with two attached hydrogens (primary N) is 1. The molecule has 0 saturated carbocycles. The highest BCUT2D eigenvalue weighted by Gasteiger charge is 2.36. The van der Waals surface area contributed by atoms with E-state index >= 15 is 0 Å². The van der Waals surface area contributed by atoms with Gasteiger partial charge in [0, 0.05) is 18.7 Å². The van der Waals surface area contributed by atoms with E-state index in [-0.39, 0.29) is 23.7 Å². The second kappa shape index (κ2) is 6.11. The molecule has 0 unspecified atom stereocenters. The molecule has 3 N–H and O–H groups in total. The number of rotatable bonds is 3. The van der Waals surface area contributed by atoms with Gasteiger partial charge in [0.05, 0.1) is 11.6 Å². The highest BCUT2D eigenvalue weighted by molar-refractivity contribution is 5.94. The number of H-pyrrole nitrogens is 1. The number of carbonyl (C=O) groups excluding carboxylic acids is 2. The van der Waals surface area contributed by atoms with Gasteiger partial charge in [-0.2, -0.15) is 5.10 Å². The lowest BCUT2D eigenvalue weighted by Crippen LogP contribution is -2.32. The van der Waals surface area contributed by atoms with E-state index in [1.165, 1.54) is 11.1 Å². The maximum atomic E-state index is 12.6. The van der Waals surface area contributed by atoms with Gasteiger partial charge in [0.1, 0.15) is 5.69 Å². The number of aromatic amines is 1. The third-order valence-corrected chi connectivity index (χ3v) is 4.88. The molecule has 0 aliphatic carbocycles. The van der Waals surface area contributed by atoms with Gasteiger partial charge in [-0.1, -0.05) is 19.1 Å². The van der Waals surface area contributed by atoms with Crippen molar-refractivity contribution < 1.29 is 9.59 Å². The zero-order valence-electron chi connectivity index (χ0n) is 14.2. The fourth-order valence-electron chi connectivity index (χ4n) is 3.15. The van der Waals surface area contributed by atoms with Crippen molar-refractivity contribution in [2.45, 2.75) is 20.8 Å². The Bertz CT molecular complexity index is 796. The first-order valence-corrected chi connectivity index (χ1v) is 8.08. The predicted molar refractivity (Wildman–Crippen MR) is 91.2 cm³/mol. The number of hydrogen-bond acceptors (Lipinski definition) is 3. The first-order valence-electron chi connectivity index (χ1n) is 8.08. The summed E-state index contributed by atoms with van der Waals surface area (Å²) in [5.41, 5.74) is 9.93. The second-order valence-corrected chi connectivity index (χ2v) is 6.66. The van der Waals surface area contributed by atoms with E-state index in [1.54, 1.807) is 11.0 Å². The van der Waals surface area contributed by atoms with E-state index in [2.05, 4.69) is 23.2 Å². The molecule has 3 rings (SSSR count). The van der Waals surface area contributed by atoms with Crippen LogP contribution in [0.15, 0.2) is 24.3 Å². The molecule has 0 spiro atoms. The lowest BCUT2D eigenvalue weighted by molar-refractivity contribution is -0.122. The van der Waals surface area contributed by atoms with Gasteiger partial charge in [-0.05, 0) is 43.0 Å². The fraction of sp³-hybridized carbons (Fsp3) is 0.389. The van der Waals surface area contributed by atoms with Gasteiger partial charge < -0.3 is 10.6 Å². The number of nitrogens with one attached hydrogen (secondary N) is 1. The van der Waals surface area contributed by atoms with Crippen LogP contribution in [0.5, 0.6) is 0 Å². The van der Waals surface area contributed by atoms with Crippen molar-refractivity contribution in [3.05, 3.63) is 41.1 Å². The van der Waals surface area contributed by atoms with Gasteiger partial charge >= 0.3 is 0 Å². The molecule has 2 aromatic rings. The second-order valence-electron chi connectivity index (χ2n) is 6.66. The molecule has 126 valence electrons. The number of amides is 2. The van der Waals surface area contributed by atoms with Crippen LogP contribution in [0, 0.1) is 25.7 Å². The maximum Gasteiger partial charge on any atom is 0.271 e. The summed E-state index contributed by atoms with van der Waals surface area (Å²) in [4.78, 5) is 25.7. The molecule has 1 aromatic carbocycles. The van der Waals surface area contributed by atoms with Crippen LogP contribution in [0.2, 0.25) is 0 Å². The predicted octanol–water partition coefficient (Wildman–Crippen LogP) is 1.89. The molecule has 1 aliphatic rings. The maximum absolute atomic E-state index is 12.6. The van der Waals surface area contributed by atoms with E-state index < -0.39 is 0 Å². The van der Waals surface area contributed by atoms with Crippen LogP contribution >= 0.6 is 0 Å². The molecule has 1 saturated heterocycles. The summed E-state index contributed by atoms with van der Waals surface area (Å²) in [6.07, 6.45) is 0. The van der Waals surface area contributed by atoms with Crippen molar-refractivity contribution in [2.75, 3.05) is 13.1 Å². The molecule has 0 bridgehead atoms. The monoisotopic (exact) mass is 326 g/mol. The van der Waals surface area contributed by atoms with Crippen molar-refractivity contribution in [1.29, 1.82) is 0 Å². The molecule has 6 heteroatoms. The minimum atomic E-state index is -0.349. The van der Waals surface area contributed by atoms with E-state index in [0.29, 0.717) is 18.8 Å². The average Bonchev–Trinajstić information content (AvgIpc) is 3.16. The molecule has 1 aliphatic heterocycles. The molecule has 24 heavy (non-hydrogen) atoms. The van der Waals surface area contributed by atoms with E-state index in [0.717, 1.165) is 11.3 Å². The molecule has 0 radical (unpaired) electrons. The molecule has 1 fully saturated rings. The Morgan fingerprint density at radius 1 is 1.21 bits per heavy atom. The smallest absolute Gasteiger partial charge is 0.271 e. The SMILES string of the molecule is Cc1ccc(-c2cc(C(=O)N3C[C@@H](C)[C@H](C(N)=O)C3)[nH]n2)cc1C. The number of benzene rings is 1. The fourth-order valence-corrected chi connectivity index (χ4v) is 3.15. The quantitative estimate of drug-likeness (QED) is 0.902. The number of aromatic nitrogens is 2.